The molecule has 0 saturated carbocycles. The van der Waals surface area contributed by atoms with Crippen LogP contribution in [0.4, 0.5) is 5.82 Å². The lowest BCUT2D eigenvalue weighted by atomic mass is 10.2. The first-order chi connectivity index (χ1) is 14.2. The molecule has 3 aromatic heterocycles. The van der Waals surface area contributed by atoms with Crippen molar-refractivity contribution in [2.75, 3.05) is 12.3 Å². The molecule has 8 heteroatoms. The number of carbonyl (C=O) groups is 1. The Labute approximate surface area is 172 Å². The third-order valence-corrected chi connectivity index (χ3v) is 5.42. The van der Waals surface area contributed by atoms with E-state index < -0.39 is 0 Å². The van der Waals surface area contributed by atoms with Crippen molar-refractivity contribution in [2.24, 2.45) is 5.10 Å². The van der Waals surface area contributed by atoms with Crippen molar-refractivity contribution in [2.45, 2.75) is 26.2 Å². The van der Waals surface area contributed by atoms with Crippen LogP contribution in [0.3, 0.4) is 0 Å². The van der Waals surface area contributed by atoms with Crippen molar-refractivity contribution in [1.29, 1.82) is 0 Å². The second-order valence-electron chi connectivity index (χ2n) is 6.68. The number of anilines is 1. The molecule has 0 radical (unpaired) electrons. The normalized spacial score (nSPS) is 11.6. The molecule has 4 aromatic rings. The predicted octanol–water partition coefficient (Wildman–Crippen LogP) is 4.03. The number of nitrogens with zero attached hydrogens (tertiary/aromatic N) is 4. The fraction of sp³-hybridized carbons (Fsp3) is 0.238. The van der Waals surface area contributed by atoms with Gasteiger partial charge in [0, 0.05) is 11.4 Å². The number of thiophene rings is 1. The van der Waals surface area contributed by atoms with Crippen molar-refractivity contribution >= 4 is 51.5 Å². The van der Waals surface area contributed by atoms with Gasteiger partial charge in [0.2, 0.25) is 0 Å². The smallest absolute Gasteiger partial charge is 0.257 e. The van der Waals surface area contributed by atoms with Crippen LogP contribution in [0, 0.1) is 0 Å². The van der Waals surface area contributed by atoms with Gasteiger partial charge in [-0.2, -0.15) is 9.78 Å². The Balaban J connectivity index is 1.81. The minimum absolute atomic E-state index is 0.233. The van der Waals surface area contributed by atoms with E-state index in [0.29, 0.717) is 28.8 Å². The van der Waals surface area contributed by atoms with Crippen LogP contribution >= 0.6 is 11.3 Å². The summed E-state index contributed by atoms with van der Waals surface area (Å²) in [4.78, 5) is 23.2. The number of unbranched alkanes of at least 4 members (excludes halogenated alkanes) is 2. The standard InChI is InChI=1S/C21H22N6OS/c1-2-3-6-11-23-21(28)17-18-20(26-16-10-5-4-9-15(16)25-18)27(19(17)22)24-13-14-8-7-12-29-14/h4-5,7-10,12-13H,2-3,6,11,22H2,1H3,(H,23,28)/b24-13-. The average molecular weight is 407 g/mol. The number of hydrogen-bond donors (Lipinski definition) is 2. The number of nitrogen functional groups attached to an aromatic ring is 1. The highest BCUT2D eigenvalue weighted by Crippen LogP contribution is 2.27. The molecule has 1 aromatic carbocycles. The Morgan fingerprint density at radius 3 is 2.72 bits per heavy atom. The van der Waals surface area contributed by atoms with Gasteiger partial charge in [-0.3, -0.25) is 4.79 Å². The van der Waals surface area contributed by atoms with Crippen molar-refractivity contribution in [3.05, 3.63) is 52.2 Å². The predicted molar refractivity (Wildman–Crippen MR) is 119 cm³/mol. The molecule has 0 saturated heterocycles. The molecular formula is C21H22N6OS. The fourth-order valence-corrected chi connectivity index (χ4v) is 3.71. The summed E-state index contributed by atoms with van der Waals surface area (Å²) in [6.07, 6.45) is 4.78. The van der Waals surface area contributed by atoms with Crippen molar-refractivity contribution in [3.8, 4) is 0 Å². The molecule has 0 bridgehead atoms. The number of fused-ring (bicyclic) bond motifs is 2. The Morgan fingerprint density at radius 1 is 1.21 bits per heavy atom. The monoisotopic (exact) mass is 406 g/mol. The Hall–Kier alpha value is -3.26. The molecular weight excluding hydrogens is 384 g/mol. The van der Waals surface area contributed by atoms with Gasteiger partial charge < -0.3 is 11.1 Å². The molecule has 29 heavy (non-hydrogen) atoms. The summed E-state index contributed by atoms with van der Waals surface area (Å²) in [5, 5.41) is 9.41. The van der Waals surface area contributed by atoms with E-state index in [2.05, 4.69) is 27.3 Å². The summed E-state index contributed by atoms with van der Waals surface area (Å²) in [5.74, 6) is -0.0191. The lowest BCUT2D eigenvalue weighted by Gasteiger charge is -2.04. The van der Waals surface area contributed by atoms with E-state index in [1.165, 1.54) is 4.68 Å². The average Bonchev–Trinajstić information content (AvgIpc) is 3.33. The Kier molecular flexibility index (Phi) is 5.53. The van der Waals surface area contributed by atoms with Crippen LogP contribution in [0.25, 0.3) is 22.2 Å². The first-order valence-electron chi connectivity index (χ1n) is 9.61. The van der Waals surface area contributed by atoms with E-state index >= 15 is 0 Å². The van der Waals surface area contributed by atoms with E-state index in [4.69, 9.17) is 5.73 Å². The van der Waals surface area contributed by atoms with Gasteiger partial charge in [-0.15, -0.1) is 11.3 Å². The van der Waals surface area contributed by atoms with Gasteiger partial charge in [0.1, 0.15) is 16.9 Å². The zero-order valence-electron chi connectivity index (χ0n) is 16.1. The quantitative estimate of drug-likeness (QED) is 0.358. The largest absolute Gasteiger partial charge is 0.383 e. The summed E-state index contributed by atoms with van der Waals surface area (Å²) in [6, 6.07) is 11.4. The molecule has 4 rings (SSSR count). The molecule has 0 aliphatic rings. The van der Waals surface area contributed by atoms with Crippen LogP contribution in [-0.2, 0) is 0 Å². The number of nitrogens with one attached hydrogen (secondary N) is 1. The Morgan fingerprint density at radius 2 is 2.00 bits per heavy atom. The van der Waals surface area contributed by atoms with Crippen LogP contribution < -0.4 is 11.1 Å². The van der Waals surface area contributed by atoms with Crippen LogP contribution in [0.5, 0.6) is 0 Å². The first-order valence-corrected chi connectivity index (χ1v) is 10.5. The van der Waals surface area contributed by atoms with Gasteiger partial charge in [-0.1, -0.05) is 38.0 Å². The van der Waals surface area contributed by atoms with Gasteiger partial charge >= 0.3 is 0 Å². The maximum absolute atomic E-state index is 12.9. The summed E-state index contributed by atoms with van der Waals surface area (Å²) in [5.41, 5.74) is 9.03. The molecule has 0 spiro atoms. The topological polar surface area (TPSA) is 98.2 Å². The number of amides is 1. The molecule has 3 N–H and O–H groups in total. The third-order valence-electron chi connectivity index (χ3n) is 4.61. The van der Waals surface area contributed by atoms with Crippen molar-refractivity contribution in [3.63, 3.8) is 0 Å². The summed E-state index contributed by atoms with van der Waals surface area (Å²) < 4.78 is 1.50. The van der Waals surface area contributed by atoms with Crippen LogP contribution in [-0.4, -0.2) is 33.3 Å². The molecule has 0 fully saturated rings. The minimum atomic E-state index is -0.252. The lowest BCUT2D eigenvalue weighted by molar-refractivity contribution is 0.0955. The van der Waals surface area contributed by atoms with Crippen molar-refractivity contribution in [1.82, 2.24) is 20.0 Å². The number of carbonyl (C=O) groups excluding carboxylic acids is 1. The van der Waals surface area contributed by atoms with E-state index in [0.717, 1.165) is 29.7 Å². The van der Waals surface area contributed by atoms with E-state index in [1.54, 1.807) is 17.6 Å². The van der Waals surface area contributed by atoms with Gasteiger partial charge in [-0.25, -0.2) is 9.97 Å². The number of hydrogen-bond acceptors (Lipinski definition) is 6. The zero-order chi connectivity index (χ0) is 20.2. The maximum atomic E-state index is 12.9. The number of rotatable bonds is 7. The fourth-order valence-electron chi connectivity index (χ4n) is 3.13. The third kappa shape index (κ3) is 3.84. The van der Waals surface area contributed by atoms with Crippen molar-refractivity contribution < 1.29 is 4.79 Å². The van der Waals surface area contributed by atoms with Gasteiger partial charge in [0.15, 0.2) is 5.65 Å². The summed E-state index contributed by atoms with van der Waals surface area (Å²) in [7, 11) is 0. The summed E-state index contributed by atoms with van der Waals surface area (Å²) in [6.45, 7) is 2.72. The molecule has 1 amide bonds. The molecule has 3 heterocycles. The van der Waals surface area contributed by atoms with Crippen LogP contribution in [0.1, 0.15) is 41.4 Å². The summed E-state index contributed by atoms with van der Waals surface area (Å²) >= 11 is 1.57. The molecule has 0 aliphatic heterocycles. The first kappa shape index (κ1) is 19.1. The maximum Gasteiger partial charge on any atom is 0.257 e. The van der Waals surface area contributed by atoms with E-state index in [9.17, 15) is 4.79 Å². The number of aromatic nitrogens is 3. The van der Waals surface area contributed by atoms with Gasteiger partial charge in [0.25, 0.3) is 5.91 Å². The molecule has 7 nitrogen and oxygen atoms in total. The highest BCUT2D eigenvalue weighted by Gasteiger charge is 2.23. The van der Waals surface area contributed by atoms with E-state index in [-0.39, 0.29) is 11.7 Å². The van der Waals surface area contributed by atoms with E-state index in [1.807, 2.05) is 41.8 Å². The van der Waals surface area contributed by atoms with Crippen LogP contribution in [0.2, 0.25) is 0 Å². The molecule has 0 aliphatic carbocycles. The lowest BCUT2D eigenvalue weighted by Crippen LogP contribution is -2.25. The number of nitrogens with two attached hydrogens (primary N) is 1. The molecule has 148 valence electrons. The second kappa shape index (κ2) is 8.40. The minimum Gasteiger partial charge on any atom is -0.383 e. The SMILES string of the molecule is CCCCCNC(=O)c1c(N)n(/N=C\c2cccs2)c2nc3ccccc3nc12. The molecule has 0 unspecified atom stereocenters. The Bertz CT molecular complexity index is 1180. The van der Waals surface area contributed by atoms with Gasteiger partial charge in [0.05, 0.1) is 17.2 Å². The zero-order valence-corrected chi connectivity index (χ0v) is 16.9. The molecule has 0 atom stereocenters. The number of para-hydroxylation sites is 2. The highest BCUT2D eigenvalue weighted by atomic mass is 32.1. The highest BCUT2D eigenvalue weighted by molar-refractivity contribution is 7.11. The van der Waals surface area contributed by atoms with Gasteiger partial charge in [-0.05, 0) is 30.0 Å². The second-order valence-corrected chi connectivity index (χ2v) is 7.66. The number of benzene rings is 1. The van der Waals surface area contributed by atoms with Crippen LogP contribution in [0.15, 0.2) is 46.9 Å².